The van der Waals surface area contributed by atoms with Crippen LogP contribution in [0.25, 0.3) is 0 Å². The molecule has 5 nitrogen and oxygen atoms in total. The van der Waals surface area contributed by atoms with Crippen molar-refractivity contribution in [2.24, 2.45) is 0 Å². The minimum absolute atomic E-state index is 0.547. The first kappa shape index (κ1) is 13.8. The van der Waals surface area contributed by atoms with E-state index in [1.54, 1.807) is 0 Å². The molecule has 0 aliphatic heterocycles. The number of rotatable bonds is 5. The minimum atomic E-state index is 0.547. The lowest BCUT2D eigenvalue weighted by Gasteiger charge is -2.22. The smallest absolute Gasteiger partial charge is 0.137 e. The van der Waals surface area contributed by atoms with Gasteiger partial charge in [-0.1, -0.05) is 0 Å². The number of hydrogen-bond donors (Lipinski definition) is 1. The lowest BCUT2D eigenvalue weighted by Crippen LogP contribution is -2.20. The van der Waals surface area contributed by atoms with Crippen LogP contribution in [-0.2, 0) is 6.54 Å². The fraction of sp³-hybridized carbons (Fsp3) is 0.438. The third-order valence-corrected chi connectivity index (χ3v) is 3.85. The Morgan fingerprint density at radius 1 is 1.24 bits per heavy atom. The number of aromatic nitrogens is 3. The van der Waals surface area contributed by atoms with E-state index in [0.717, 1.165) is 29.6 Å². The van der Waals surface area contributed by atoms with Crippen LogP contribution in [0.15, 0.2) is 24.5 Å². The molecule has 2 heterocycles. The Morgan fingerprint density at radius 3 is 2.57 bits per heavy atom. The summed E-state index contributed by atoms with van der Waals surface area (Å²) in [5, 5.41) is 3.19. The van der Waals surface area contributed by atoms with E-state index in [1.165, 1.54) is 18.4 Å². The van der Waals surface area contributed by atoms with Gasteiger partial charge in [0.2, 0.25) is 0 Å². The summed E-state index contributed by atoms with van der Waals surface area (Å²) in [4.78, 5) is 15.7. The number of hydrogen-bond acceptors (Lipinski definition) is 5. The van der Waals surface area contributed by atoms with Crippen LogP contribution in [0.3, 0.4) is 0 Å². The van der Waals surface area contributed by atoms with Gasteiger partial charge >= 0.3 is 0 Å². The molecule has 1 fully saturated rings. The van der Waals surface area contributed by atoms with Crippen molar-refractivity contribution in [1.29, 1.82) is 0 Å². The van der Waals surface area contributed by atoms with Crippen molar-refractivity contribution in [3.63, 3.8) is 0 Å². The second-order valence-electron chi connectivity index (χ2n) is 5.61. The Balaban J connectivity index is 1.90. The zero-order chi connectivity index (χ0) is 14.8. The zero-order valence-electron chi connectivity index (χ0n) is 12.8. The van der Waals surface area contributed by atoms with Crippen LogP contribution >= 0.6 is 0 Å². The van der Waals surface area contributed by atoms with Crippen LogP contribution in [0.2, 0.25) is 0 Å². The highest BCUT2D eigenvalue weighted by Gasteiger charge is 2.28. The van der Waals surface area contributed by atoms with E-state index in [2.05, 4.69) is 34.2 Å². The molecule has 21 heavy (non-hydrogen) atoms. The molecule has 1 N–H and O–H groups in total. The molecule has 110 valence electrons. The number of anilines is 2. The maximum Gasteiger partial charge on any atom is 0.137 e. The Kier molecular flexibility index (Phi) is 3.73. The molecule has 2 aromatic heterocycles. The third kappa shape index (κ3) is 2.96. The fourth-order valence-electron chi connectivity index (χ4n) is 2.50. The van der Waals surface area contributed by atoms with Crippen LogP contribution in [0.5, 0.6) is 0 Å². The monoisotopic (exact) mass is 283 g/mol. The van der Waals surface area contributed by atoms with Gasteiger partial charge in [-0.15, -0.1) is 0 Å². The number of pyridine rings is 1. The van der Waals surface area contributed by atoms with Gasteiger partial charge in [-0.05, 0) is 37.5 Å². The maximum absolute atomic E-state index is 4.80. The highest BCUT2D eigenvalue weighted by Crippen LogP contribution is 2.40. The predicted molar refractivity (Wildman–Crippen MR) is 84.6 cm³/mol. The molecule has 0 bridgehead atoms. The predicted octanol–water partition coefficient (Wildman–Crippen LogP) is 2.74. The van der Waals surface area contributed by atoms with Crippen molar-refractivity contribution in [3.8, 4) is 0 Å². The van der Waals surface area contributed by atoms with Crippen LogP contribution in [-0.4, -0.2) is 29.0 Å². The van der Waals surface area contributed by atoms with Crippen molar-refractivity contribution < 1.29 is 0 Å². The normalized spacial score (nSPS) is 14.0. The molecule has 1 aliphatic carbocycles. The van der Waals surface area contributed by atoms with E-state index in [-0.39, 0.29) is 0 Å². The van der Waals surface area contributed by atoms with Crippen molar-refractivity contribution in [2.45, 2.75) is 32.2 Å². The van der Waals surface area contributed by atoms with Crippen molar-refractivity contribution in [2.75, 3.05) is 24.3 Å². The van der Waals surface area contributed by atoms with Crippen LogP contribution in [0.4, 0.5) is 11.6 Å². The second-order valence-corrected chi connectivity index (χ2v) is 5.61. The van der Waals surface area contributed by atoms with Crippen LogP contribution < -0.4 is 10.2 Å². The molecule has 0 atom stereocenters. The minimum Gasteiger partial charge on any atom is -0.373 e. The molecule has 0 aromatic carbocycles. The molecule has 1 saturated carbocycles. The SMILES string of the molecule is CNc1nc(C2CC2)nc(N(C)Cc2ccncc2)c1C. The van der Waals surface area contributed by atoms with E-state index < -0.39 is 0 Å². The molecule has 0 radical (unpaired) electrons. The van der Waals surface area contributed by atoms with Gasteiger partial charge in [0.25, 0.3) is 0 Å². The van der Waals surface area contributed by atoms with Crippen LogP contribution in [0.1, 0.15) is 35.7 Å². The fourth-order valence-corrected chi connectivity index (χ4v) is 2.50. The molecule has 0 unspecified atom stereocenters. The van der Waals surface area contributed by atoms with E-state index >= 15 is 0 Å². The quantitative estimate of drug-likeness (QED) is 0.914. The molecule has 2 aromatic rings. The van der Waals surface area contributed by atoms with Crippen LogP contribution in [0, 0.1) is 6.92 Å². The first-order chi connectivity index (χ1) is 10.2. The molecule has 0 amide bonds. The molecule has 3 rings (SSSR count). The van der Waals surface area contributed by atoms with E-state index in [4.69, 9.17) is 4.98 Å². The van der Waals surface area contributed by atoms with Crippen molar-refractivity contribution in [1.82, 2.24) is 15.0 Å². The Labute approximate surface area is 125 Å². The summed E-state index contributed by atoms with van der Waals surface area (Å²) < 4.78 is 0. The van der Waals surface area contributed by atoms with Gasteiger partial charge in [0.15, 0.2) is 0 Å². The zero-order valence-corrected chi connectivity index (χ0v) is 12.8. The molecule has 1 aliphatic rings. The topological polar surface area (TPSA) is 53.9 Å². The lowest BCUT2D eigenvalue weighted by atomic mass is 10.2. The Morgan fingerprint density at radius 2 is 1.95 bits per heavy atom. The van der Waals surface area contributed by atoms with Gasteiger partial charge in [0.1, 0.15) is 17.5 Å². The average molecular weight is 283 g/mol. The van der Waals surface area contributed by atoms with Gasteiger partial charge in [-0.25, -0.2) is 9.97 Å². The van der Waals surface area contributed by atoms with Gasteiger partial charge in [0.05, 0.1) is 0 Å². The second kappa shape index (κ2) is 5.68. The Bertz CT molecular complexity index is 622. The summed E-state index contributed by atoms with van der Waals surface area (Å²) >= 11 is 0. The third-order valence-electron chi connectivity index (χ3n) is 3.85. The standard InChI is InChI=1S/C16H21N5/c1-11-14(17-2)19-15(13-4-5-13)20-16(11)21(3)10-12-6-8-18-9-7-12/h6-9,13H,4-5,10H2,1-3H3,(H,17,19,20). The van der Waals surface area contributed by atoms with Gasteiger partial charge in [-0.2, -0.15) is 0 Å². The summed E-state index contributed by atoms with van der Waals surface area (Å²) in [7, 11) is 3.99. The van der Waals surface area contributed by atoms with E-state index in [1.807, 2.05) is 31.6 Å². The highest BCUT2D eigenvalue weighted by atomic mass is 15.2. The molecule has 0 saturated heterocycles. The van der Waals surface area contributed by atoms with Crippen molar-refractivity contribution >= 4 is 11.6 Å². The van der Waals surface area contributed by atoms with E-state index in [9.17, 15) is 0 Å². The molecule has 5 heteroatoms. The molecular formula is C16H21N5. The van der Waals surface area contributed by atoms with E-state index in [0.29, 0.717) is 5.92 Å². The summed E-state index contributed by atoms with van der Waals surface area (Å²) in [6.45, 7) is 2.88. The van der Waals surface area contributed by atoms with Crippen molar-refractivity contribution in [3.05, 3.63) is 41.5 Å². The lowest BCUT2D eigenvalue weighted by molar-refractivity contribution is 0.845. The van der Waals surface area contributed by atoms with Gasteiger partial charge in [0, 0.05) is 44.5 Å². The molecular weight excluding hydrogens is 262 g/mol. The first-order valence-electron chi connectivity index (χ1n) is 7.35. The first-order valence-corrected chi connectivity index (χ1v) is 7.35. The summed E-state index contributed by atoms with van der Waals surface area (Å²) in [5.74, 6) is 3.46. The highest BCUT2D eigenvalue weighted by molar-refractivity contribution is 5.58. The Hall–Kier alpha value is -2.17. The van der Waals surface area contributed by atoms with Gasteiger partial charge in [-0.3, -0.25) is 4.98 Å². The number of nitrogens with zero attached hydrogens (tertiary/aromatic N) is 4. The summed E-state index contributed by atoms with van der Waals surface area (Å²) in [5.41, 5.74) is 2.32. The summed E-state index contributed by atoms with van der Waals surface area (Å²) in [6.07, 6.45) is 6.06. The summed E-state index contributed by atoms with van der Waals surface area (Å²) in [6, 6.07) is 4.07. The average Bonchev–Trinajstić information content (AvgIpc) is 3.33. The largest absolute Gasteiger partial charge is 0.373 e. The maximum atomic E-state index is 4.80. The van der Waals surface area contributed by atoms with Gasteiger partial charge < -0.3 is 10.2 Å². The molecule has 0 spiro atoms. The number of nitrogens with one attached hydrogen (secondary N) is 1.